The van der Waals surface area contributed by atoms with Crippen LogP contribution in [0.5, 0.6) is 11.5 Å². The topological polar surface area (TPSA) is 120 Å². The first-order valence-corrected chi connectivity index (χ1v) is 12.0. The molecule has 0 unspecified atom stereocenters. The van der Waals surface area contributed by atoms with Crippen molar-refractivity contribution in [3.63, 3.8) is 0 Å². The first-order valence-electron chi connectivity index (χ1n) is 12.0. The minimum Gasteiger partial charge on any atom is -0.493 e. The van der Waals surface area contributed by atoms with Crippen LogP contribution in [0.15, 0.2) is 30.7 Å². The van der Waals surface area contributed by atoms with E-state index in [0.29, 0.717) is 51.7 Å². The van der Waals surface area contributed by atoms with Crippen LogP contribution in [0.1, 0.15) is 43.4 Å². The second kappa shape index (κ2) is 8.44. The number of pyridine rings is 1. The first-order chi connectivity index (χ1) is 18.2. The minimum atomic E-state index is -0.817. The summed E-state index contributed by atoms with van der Waals surface area (Å²) in [5.74, 6) is 0.440. The van der Waals surface area contributed by atoms with Gasteiger partial charge in [0.2, 0.25) is 0 Å². The zero-order valence-electron chi connectivity index (χ0n) is 21.2. The van der Waals surface area contributed by atoms with Gasteiger partial charge in [-0.25, -0.2) is 9.18 Å². The highest BCUT2D eigenvalue weighted by Crippen LogP contribution is 2.44. The molecular formula is C26H24FN7O4. The van der Waals surface area contributed by atoms with Crippen molar-refractivity contribution in [1.29, 1.82) is 5.26 Å². The number of fused-ring (bicyclic) bond motifs is 3. The predicted molar refractivity (Wildman–Crippen MR) is 132 cm³/mol. The molecule has 194 valence electrons. The molecule has 1 aromatic carbocycles. The number of nitrogens with zero attached hydrogens (tertiary/aromatic N) is 7. The number of nitriles is 1. The van der Waals surface area contributed by atoms with Crippen molar-refractivity contribution in [2.45, 2.75) is 38.8 Å². The average molecular weight is 518 g/mol. The molecule has 0 spiro atoms. The maximum atomic E-state index is 15.3. The molecule has 38 heavy (non-hydrogen) atoms. The summed E-state index contributed by atoms with van der Waals surface area (Å²) in [4.78, 5) is 15.0. The van der Waals surface area contributed by atoms with E-state index in [4.69, 9.17) is 14.2 Å². The number of anilines is 1. The molecule has 1 amide bonds. The lowest BCUT2D eigenvalue weighted by Gasteiger charge is -2.29. The van der Waals surface area contributed by atoms with Crippen molar-refractivity contribution in [3.05, 3.63) is 53.2 Å². The molecule has 0 aliphatic carbocycles. The van der Waals surface area contributed by atoms with Gasteiger partial charge in [0.15, 0.2) is 17.2 Å². The Morgan fingerprint density at radius 1 is 1.24 bits per heavy atom. The van der Waals surface area contributed by atoms with Crippen LogP contribution in [0.2, 0.25) is 0 Å². The summed E-state index contributed by atoms with van der Waals surface area (Å²) in [5.41, 5.74) is 1.94. The van der Waals surface area contributed by atoms with Crippen LogP contribution in [0.4, 0.5) is 15.0 Å². The van der Waals surface area contributed by atoms with E-state index in [1.165, 1.54) is 23.5 Å². The number of benzene rings is 1. The third kappa shape index (κ3) is 3.70. The Labute approximate surface area is 217 Å². The average Bonchev–Trinajstić information content (AvgIpc) is 3.59. The summed E-state index contributed by atoms with van der Waals surface area (Å²) in [6.45, 7) is 5.62. The SMILES string of the molecule is Cn1ncc(C#N)c1-c1cc2c(n3cnnc13)N(C(=O)OC(C)(C)C)Cc1c(F)ccc3c1[C@H](CO3)CO2. The van der Waals surface area contributed by atoms with E-state index in [2.05, 4.69) is 21.4 Å². The molecule has 3 aromatic heterocycles. The molecule has 0 bridgehead atoms. The molecule has 0 saturated carbocycles. The van der Waals surface area contributed by atoms with Gasteiger partial charge in [-0.3, -0.25) is 14.0 Å². The van der Waals surface area contributed by atoms with Crippen LogP contribution in [0.3, 0.4) is 0 Å². The molecule has 5 heterocycles. The Kier molecular flexibility index (Phi) is 5.27. The maximum absolute atomic E-state index is 15.3. The van der Waals surface area contributed by atoms with Gasteiger partial charge in [0, 0.05) is 18.2 Å². The molecule has 6 rings (SSSR count). The molecule has 1 atom stereocenters. The minimum absolute atomic E-state index is 0.137. The van der Waals surface area contributed by atoms with Gasteiger partial charge in [-0.2, -0.15) is 10.4 Å². The van der Waals surface area contributed by atoms with Gasteiger partial charge in [0.25, 0.3) is 0 Å². The second-order valence-electron chi connectivity index (χ2n) is 10.2. The van der Waals surface area contributed by atoms with Crippen molar-refractivity contribution < 1.29 is 23.4 Å². The Morgan fingerprint density at radius 2 is 2.00 bits per heavy atom. The number of carbonyl (C=O) groups excluding carboxylic acids is 1. The number of aromatic nitrogens is 5. The number of carbonyl (C=O) groups is 1. The number of aryl methyl sites for hydroxylation is 1. The van der Waals surface area contributed by atoms with Crippen molar-refractivity contribution in [1.82, 2.24) is 24.4 Å². The third-order valence-corrected chi connectivity index (χ3v) is 6.56. The summed E-state index contributed by atoms with van der Waals surface area (Å²) in [5, 5.41) is 22.3. The zero-order chi connectivity index (χ0) is 26.8. The van der Waals surface area contributed by atoms with Crippen LogP contribution in [-0.2, 0) is 18.3 Å². The fraction of sp³-hybridized carbons (Fsp3) is 0.346. The van der Waals surface area contributed by atoms with Crippen LogP contribution >= 0.6 is 0 Å². The van der Waals surface area contributed by atoms with Gasteiger partial charge >= 0.3 is 6.09 Å². The summed E-state index contributed by atoms with van der Waals surface area (Å²) in [6.07, 6.45) is 2.21. The number of hydrogen-bond acceptors (Lipinski definition) is 8. The lowest BCUT2D eigenvalue weighted by Crippen LogP contribution is -2.38. The Bertz CT molecular complexity index is 1650. The van der Waals surface area contributed by atoms with Gasteiger partial charge in [-0.1, -0.05) is 0 Å². The summed E-state index contributed by atoms with van der Waals surface area (Å²) < 4.78 is 36.4. The zero-order valence-corrected chi connectivity index (χ0v) is 21.2. The van der Waals surface area contributed by atoms with Gasteiger partial charge < -0.3 is 14.2 Å². The molecular weight excluding hydrogens is 493 g/mol. The molecule has 0 N–H and O–H groups in total. The number of rotatable bonds is 1. The molecule has 11 nitrogen and oxygen atoms in total. The highest BCUT2D eigenvalue weighted by Gasteiger charge is 2.37. The van der Waals surface area contributed by atoms with E-state index in [1.54, 1.807) is 49.0 Å². The monoisotopic (exact) mass is 517 g/mol. The first kappa shape index (κ1) is 23.7. The van der Waals surface area contributed by atoms with Crippen LogP contribution in [0.25, 0.3) is 16.9 Å². The number of ether oxygens (including phenoxy) is 3. The largest absolute Gasteiger partial charge is 0.493 e. The van der Waals surface area contributed by atoms with Gasteiger partial charge in [0.05, 0.1) is 48.7 Å². The Balaban J connectivity index is 1.62. The molecule has 0 radical (unpaired) electrons. The van der Waals surface area contributed by atoms with E-state index in [9.17, 15) is 10.1 Å². The fourth-order valence-corrected chi connectivity index (χ4v) is 4.98. The molecule has 0 saturated heterocycles. The van der Waals surface area contributed by atoms with Crippen LogP contribution in [0, 0.1) is 17.1 Å². The number of amides is 1. The normalized spacial score (nSPS) is 16.4. The van der Waals surface area contributed by atoms with E-state index in [-0.39, 0.29) is 24.9 Å². The molecule has 12 heteroatoms. The summed E-state index contributed by atoms with van der Waals surface area (Å²) in [7, 11) is 1.72. The highest BCUT2D eigenvalue weighted by molar-refractivity contribution is 5.92. The van der Waals surface area contributed by atoms with Gasteiger partial charge in [-0.05, 0) is 39.0 Å². The molecule has 4 aromatic rings. The number of hydrogen-bond donors (Lipinski definition) is 0. The Hall–Kier alpha value is -4.66. The van der Waals surface area contributed by atoms with E-state index in [0.717, 1.165) is 0 Å². The summed E-state index contributed by atoms with van der Waals surface area (Å²) in [6, 6.07) is 6.80. The number of halogens is 1. The van der Waals surface area contributed by atoms with E-state index >= 15 is 4.39 Å². The van der Waals surface area contributed by atoms with Crippen molar-refractivity contribution in [2.24, 2.45) is 7.05 Å². The van der Waals surface area contributed by atoms with Crippen molar-refractivity contribution >= 4 is 17.6 Å². The van der Waals surface area contributed by atoms with Crippen LogP contribution in [-0.4, -0.2) is 49.3 Å². The second-order valence-corrected chi connectivity index (χ2v) is 10.2. The van der Waals surface area contributed by atoms with Gasteiger partial charge in [0.1, 0.15) is 29.6 Å². The van der Waals surface area contributed by atoms with Crippen molar-refractivity contribution in [2.75, 3.05) is 18.1 Å². The predicted octanol–water partition coefficient (Wildman–Crippen LogP) is 3.95. The lowest BCUT2D eigenvalue weighted by molar-refractivity contribution is 0.0574. The molecule has 2 aliphatic rings. The molecule has 0 fully saturated rings. The van der Waals surface area contributed by atoms with Gasteiger partial charge in [-0.15, -0.1) is 10.2 Å². The fourth-order valence-electron chi connectivity index (χ4n) is 4.98. The van der Waals surface area contributed by atoms with E-state index in [1.807, 2.05) is 0 Å². The smallest absolute Gasteiger partial charge is 0.416 e. The standard InChI is InChI=1S/C26H24FN7O4/c1-26(2,3)38-25(35)33-10-17-18(27)5-6-19-21(17)15(11-36-19)12-37-20-7-16(22-14(8-28)9-30-32(22)4)23-31-29-13-34(23)24(20)33/h5-7,9,13,15H,10-12H2,1-4H3/t15-/m1/s1. The Morgan fingerprint density at radius 3 is 2.74 bits per heavy atom. The van der Waals surface area contributed by atoms with E-state index < -0.39 is 17.5 Å². The highest BCUT2D eigenvalue weighted by atomic mass is 19.1. The quantitative estimate of drug-likeness (QED) is 0.372. The third-order valence-electron chi connectivity index (χ3n) is 6.56. The maximum Gasteiger partial charge on any atom is 0.416 e. The molecule has 2 aliphatic heterocycles. The summed E-state index contributed by atoms with van der Waals surface area (Å²) >= 11 is 0. The van der Waals surface area contributed by atoms with Crippen molar-refractivity contribution in [3.8, 4) is 28.8 Å². The van der Waals surface area contributed by atoms with Crippen LogP contribution < -0.4 is 14.4 Å². The lowest BCUT2D eigenvalue weighted by atomic mass is 9.95.